The maximum absolute atomic E-state index is 12.5. The van der Waals surface area contributed by atoms with Gasteiger partial charge in [-0.3, -0.25) is 4.79 Å². The highest BCUT2D eigenvalue weighted by molar-refractivity contribution is 6.42. The van der Waals surface area contributed by atoms with Crippen molar-refractivity contribution in [3.05, 3.63) is 35.4 Å². The minimum absolute atomic E-state index is 0.111. The van der Waals surface area contributed by atoms with Crippen LogP contribution in [0.25, 0.3) is 0 Å². The average Bonchev–Trinajstić information content (AvgIpc) is 2.45. The van der Waals surface area contributed by atoms with E-state index < -0.39 is 11.9 Å². The third-order valence-corrected chi connectivity index (χ3v) is 3.59. The average molecular weight is 275 g/mol. The second kappa shape index (κ2) is 5.86. The van der Waals surface area contributed by atoms with E-state index in [0.717, 1.165) is 5.56 Å². The van der Waals surface area contributed by atoms with Gasteiger partial charge in [-0.1, -0.05) is 36.3 Å². The molecule has 0 bridgehead atoms. The van der Waals surface area contributed by atoms with Gasteiger partial charge in [0.2, 0.25) is 0 Å². The maximum Gasteiger partial charge on any atom is 0.356 e. The molecule has 0 amide bonds. The van der Waals surface area contributed by atoms with Crippen molar-refractivity contribution in [2.24, 2.45) is 11.1 Å². The number of benzene rings is 1. The first-order chi connectivity index (χ1) is 9.60. The van der Waals surface area contributed by atoms with Crippen molar-refractivity contribution in [2.75, 3.05) is 6.61 Å². The summed E-state index contributed by atoms with van der Waals surface area (Å²) in [5, 5.41) is 12.1. The van der Waals surface area contributed by atoms with Crippen LogP contribution in [0.4, 0.5) is 0 Å². The lowest BCUT2D eigenvalue weighted by atomic mass is 9.75. The fourth-order valence-electron chi connectivity index (χ4n) is 2.62. The van der Waals surface area contributed by atoms with Crippen LogP contribution in [0.3, 0.4) is 0 Å². The van der Waals surface area contributed by atoms with Gasteiger partial charge in [0, 0.05) is 5.56 Å². The Hall–Kier alpha value is -2.17. The second-order valence-electron chi connectivity index (χ2n) is 4.85. The highest BCUT2D eigenvalue weighted by Gasteiger charge is 2.38. The molecular weight excluding hydrogens is 258 g/mol. The number of nitrogens with zero attached hydrogens (tertiary/aromatic N) is 1. The second-order valence-corrected chi connectivity index (χ2v) is 4.85. The molecule has 0 radical (unpaired) electrons. The number of rotatable bonds is 3. The van der Waals surface area contributed by atoms with Crippen LogP contribution in [0.1, 0.15) is 42.1 Å². The Kier molecular flexibility index (Phi) is 4.17. The van der Waals surface area contributed by atoms with Gasteiger partial charge in [-0.25, -0.2) is 4.79 Å². The molecule has 1 N–H and O–H groups in total. The van der Waals surface area contributed by atoms with E-state index in [1.165, 1.54) is 0 Å². The molecule has 20 heavy (non-hydrogen) atoms. The minimum atomic E-state index is -0.746. The summed E-state index contributed by atoms with van der Waals surface area (Å²) >= 11 is 0. The predicted molar refractivity (Wildman–Crippen MR) is 73.1 cm³/mol. The first-order valence-electron chi connectivity index (χ1n) is 6.62. The largest absolute Gasteiger partial charge is 0.461 e. The number of fused-ring (bicyclic) bond motifs is 1. The van der Waals surface area contributed by atoms with E-state index in [1.807, 2.05) is 19.1 Å². The third-order valence-electron chi connectivity index (χ3n) is 3.59. The topological polar surface area (TPSA) is 76.0 Å². The van der Waals surface area contributed by atoms with Gasteiger partial charge in [0.1, 0.15) is 0 Å². The summed E-state index contributed by atoms with van der Waals surface area (Å²) in [5.74, 6) is -1.57. The van der Waals surface area contributed by atoms with Crippen LogP contribution in [0.5, 0.6) is 0 Å². The molecule has 0 heterocycles. The third kappa shape index (κ3) is 2.43. The molecule has 2 rings (SSSR count). The number of ether oxygens (including phenoxy) is 1. The number of ketones is 1. The molecular formula is C15H17NO4. The summed E-state index contributed by atoms with van der Waals surface area (Å²) in [6, 6.07) is 7.32. The first kappa shape index (κ1) is 14.2. The van der Waals surface area contributed by atoms with Gasteiger partial charge in [-0.05, 0) is 24.8 Å². The lowest BCUT2D eigenvalue weighted by molar-refractivity contribution is -0.135. The van der Waals surface area contributed by atoms with E-state index in [1.54, 1.807) is 19.1 Å². The molecule has 0 saturated heterocycles. The van der Waals surface area contributed by atoms with Crippen LogP contribution in [-0.4, -0.2) is 29.3 Å². The number of esters is 1. The first-order valence-corrected chi connectivity index (χ1v) is 6.62. The quantitative estimate of drug-likeness (QED) is 0.398. The molecule has 106 valence electrons. The normalized spacial score (nSPS) is 22.3. The van der Waals surface area contributed by atoms with Gasteiger partial charge in [0.15, 0.2) is 11.5 Å². The number of Topliss-reactive ketones (excluding diaryl/α,β-unsaturated/α-hetero) is 1. The summed E-state index contributed by atoms with van der Waals surface area (Å²) in [7, 11) is 0. The summed E-state index contributed by atoms with van der Waals surface area (Å²) in [4.78, 5) is 24.2. The van der Waals surface area contributed by atoms with Crippen LogP contribution >= 0.6 is 0 Å². The van der Waals surface area contributed by atoms with E-state index >= 15 is 0 Å². The molecule has 0 spiro atoms. The van der Waals surface area contributed by atoms with Crippen molar-refractivity contribution < 1.29 is 19.5 Å². The van der Waals surface area contributed by atoms with Gasteiger partial charge in [-0.2, -0.15) is 0 Å². The van der Waals surface area contributed by atoms with E-state index in [9.17, 15) is 9.59 Å². The monoisotopic (exact) mass is 275 g/mol. The molecule has 5 heteroatoms. The van der Waals surface area contributed by atoms with Gasteiger partial charge in [-0.15, -0.1) is 0 Å². The van der Waals surface area contributed by atoms with Crippen LogP contribution in [0.2, 0.25) is 0 Å². The van der Waals surface area contributed by atoms with E-state index in [0.29, 0.717) is 12.0 Å². The standard InChI is InChI=1S/C15H17NO4/c1-3-20-15(18)13(16-19)12-8-9(2)10-6-4-5-7-11(10)14(12)17/h4-7,9,12,19H,3,8H2,1-2H3/b16-13-. The lowest BCUT2D eigenvalue weighted by Gasteiger charge is -2.27. The Morgan fingerprint density at radius 3 is 2.80 bits per heavy atom. The van der Waals surface area contributed by atoms with Gasteiger partial charge in [0.05, 0.1) is 12.5 Å². The number of oxime groups is 1. The molecule has 0 saturated carbocycles. The summed E-state index contributed by atoms with van der Waals surface area (Å²) in [5.41, 5.74) is 1.34. The Labute approximate surface area is 117 Å². The SMILES string of the molecule is CCOC(=O)/C(=N\O)C1CC(C)c2ccccc2C1=O. The molecule has 2 unspecified atom stereocenters. The molecule has 0 fully saturated rings. The van der Waals surface area contributed by atoms with Crippen LogP contribution < -0.4 is 0 Å². The molecule has 1 aliphatic rings. The number of carbonyl (C=O) groups is 2. The fraction of sp³-hybridized carbons (Fsp3) is 0.400. The molecule has 1 aliphatic carbocycles. The minimum Gasteiger partial charge on any atom is -0.461 e. The van der Waals surface area contributed by atoms with Crippen LogP contribution in [0, 0.1) is 5.92 Å². The summed E-state index contributed by atoms with van der Waals surface area (Å²) < 4.78 is 4.84. The van der Waals surface area contributed by atoms with Crippen LogP contribution in [0.15, 0.2) is 29.4 Å². The van der Waals surface area contributed by atoms with E-state index in [2.05, 4.69) is 5.16 Å². The Morgan fingerprint density at radius 2 is 2.15 bits per heavy atom. The zero-order valence-electron chi connectivity index (χ0n) is 11.5. The lowest BCUT2D eigenvalue weighted by Crippen LogP contribution is -2.36. The smallest absolute Gasteiger partial charge is 0.356 e. The van der Waals surface area contributed by atoms with Gasteiger partial charge >= 0.3 is 5.97 Å². The Balaban J connectivity index is 2.36. The Bertz CT molecular complexity index is 565. The fourth-order valence-corrected chi connectivity index (χ4v) is 2.62. The predicted octanol–water partition coefficient (Wildman–Crippen LogP) is 2.39. The number of hydrogen-bond donors (Lipinski definition) is 1. The maximum atomic E-state index is 12.5. The summed E-state index contributed by atoms with van der Waals surface area (Å²) in [6.45, 7) is 3.82. The van der Waals surface area contributed by atoms with Gasteiger partial charge < -0.3 is 9.94 Å². The van der Waals surface area contributed by atoms with Crippen LogP contribution in [-0.2, 0) is 9.53 Å². The zero-order valence-corrected chi connectivity index (χ0v) is 11.5. The van der Waals surface area contributed by atoms with Crippen molar-refractivity contribution in [1.82, 2.24) is 0 Å². The van der Waals surface area contributed by atoms with Crippen molar-refractivity contribution in [3.63, 3.8) is 0 Å². The highest BCUT2D eigenvalue weighted by Crippen LogP contribution is 2.35. The molecule has 0 aliphatic heterocycles. The molecule has 1 aromatic carbocycles. The molecule has 0 aromatic heterocycles. The number of hydrogen-bond acceptors (Lipinski definition) is 5. The molecule has 1 aromatic rings. The van der Waals surface area contributed by atoms with Gasteiger partial charge in [0.25, 0.3) is 0 Å². The van der Waals surface area contributed by atoms with Crippen molar-refractivity contribution in [1.29, 1.82) is 0 Å². The van der Waals surface area contributed by atoms with Crippen molar-refractivity contribution in [3.8, 4) is 0 Å². The zero-order chi connectivity index (χ0) is 14.7. The molecule has 2 atom stereocenters. The van der Waals surface area contributed by atoms with Crippen molar-refractivity contribution >= 4 is 17.5 Å². The summed E-state index contributed by atoms with van der Waals surface area (Å²) in [6.07, 6.45) is 0.439. The van der Waals surface area contributed by atoms with Crippen molar-refractivity contribution in [2.45, 2.75) is 26.2 Å². The van der Waals surface area contributed by atoms with E-state index in [-0.39, 0.29) is 24.0 Å². The highest BCUT2D eigenvalue weighted by atomic mass is 16.5. The molecule has 5 nitrogen and oxygen atoms in total. The van der Waals surface area contributed by atoms with E-state index in [4.69, 9.17) is 9.94 Å². The number of carbonyl (C=O) groups excluding carboxylic acids is 2. The Morgan fingerprint density at radius 1 is 1.45 bits per heavy atom.